The molecule has 9 amide bonds. The zero-order valence-electron chi connectivity index (χ0n) is 58.1. The van der Waals surface area contributed by atoms with E-state index in [0.29, 0.717) is 22.4 Å². The summed E-state index contributed by atoms with van der Waals surface area (Å²) in [6.07, 6.45) is 1.83. The Kier molecular flexibility index (Phi) is 25.5. The van der Waals surface area contributed by atoms with Crippen molar-refractivity contribution < 1.29 is 72.4 Å². The molecule has 2 fully saturated rings. The van der Waals surface area contributed by atoms with Gasteiger partial charge < -0.3 is 77.3 Å². The molecule has 0 spiro atoms. The van der Waals surface area contributed by atoms with Gasteiger partial charge >= 0.3 is 11.9 Å². The zero-order chi connectivity index (χ0) is 72.8. The first-order chi connectivity index (χ1) is 47.4. The average Bonchev–Trinajstić information content (AvgIpc) is 1.61. The van der Waals surface area contributed by atoms with Gasteiger partial charge in [-0.1, -0.05) is 145 Å². The van der Waals surface area contributed by atoms with Crippen LogP contribution in [0.1, 0.15) is 107 Å². The maximum absolute atomic E-state index is 15.1. The molecule has 0 radical (unpaired) electrons. The number of rotatable bonds is 13. The summed E-state index contributed by atoms with van der Waals surface area (Å²) in [6, 6.07) is 20.3. The summed E-state index contributed by atoms with van der Waals surface area (Å²) in [5.41, 5.74) is 0.0931. The minimum absolute atomic E-state index is 0.00784. The molecular weight excluding hydrogens is 1280 g/mol. The van der Waals surface area contributed by atoms with Gasteiger partial charge in [0, 0.05) is 50.4 Å². The summed E-state index contributed by atoms with van der Waals surface area (Å²) in [4.78, 5) is 159. The third kappa shape index (κ3) is 19.9. The van der Waals surface area contributed by atoms with Crippen molar-refractivity contribution >= 4 is 75.9 Å². The third-order valence-corrected chi connectivity index (χ3v) is 18.3. The molecule has 8 bridgehead atoms. The van der Waals surface area contributed by atoms with Crippen molar-refractivity contribution in [2.24, 2.45) is 10.8 Å². The smallest absolute Gasteiger partial charge is 0.326 e. The molecule has 26 heteroatoms. The Morgan fingerprint density at radius 1 is 0.560 bits per heavy atom. The number of hydrogen-bond donors (Lipinski definition) is 11. The predicted octanol–water partition coefficient (Wildman–Crippen LogP) is 3.26. The van der Waals surface area contributed by atoms with Crippen molar-refractivity contribution in [3.63, 3.8) is 0 Å². The fraction of sp³-hybridized carbons (Fsp3) is 0.446. The minimum Gasteiger partial charge on any atom is -0.490 e. The lowest BCUT2D eigenvalue weighted by Crippen LogP contribution is -2.61. The Morgan fingerprint density at radius 3 is 1.63 bits per heavy atom. The molecule has 0 saturated carbocycles. The Bertz CT molecular complexity index is 3820. The molecule has 100 heavy (non-hydrogen) atoms. The van der Waals surface area contributed by atoms with Gasteiger partial charge in [-0.05, 0) is 109 Å². The van der Waals surface area contributed by atoms with E-state index in [4.69, 9.17) is 9.47 Å². The van der Waals surface area contributed by atoms with Crippen LogP contribution in [0.2, 0.25) is 0 Å². The first-order valence-corrected chi connectivity index (χ1v) is 33.6. The number of benzene rings is 5. The molecule has 6 aliphatic heterocycles. The third-order valence-electron chi connectivity index (χ3n) is 18.3. The molecule has 0 unspecified atom stereocenters. The van der Waals surface area contributed by atoms with E-state index in [1.165, 1.54) is 34.1 Å². The van der Waals surface area contributed by atoms with E-state index in [9.17, 15) is 53.4 Å². The molecule has 5 aromatic carbocycles. The lowest BCUT2D eigenvalue weighted by Gasteiger charge is -2.36. The van der Waals surface area contributed by atoms with Crippen molar-refractivity contribution in [3.05, 3.63) is 161 Å². The molecular formula is C74H93N11O15. The largest absolute Gasteiger partial charge is 0.490 e. The number of hydrogen-bond acceptors (Lipinski definition) is 15. The number of fused-ring (bicyclic) bond motifs is 1. The van der Waals surface area contributed by atoms with Gasteiger partial charge in [0.15, 0.2) is 0 Å². The van der Waals surface area contributed by atoms with Crippen LogP contribution in [0.5, 0.6) is 5.75 Å². The van der Waals surface area contributed by atoms with E-state index in [1.807, 2.05) is 36.4 Å². The van der Waals surface area contributed by atoms with Crippen molar-refractivity contribution in [2.45, 2.75) is 160 Å². The monoisotopic (exact) mass is 1380 g/mol. The average molecular weight is 1380 g/mol. The normalized spacial score (nSPS) is 23.2. The molecule has 11 N–H and O–H groups in total. The van der Waals surface area contributed by atoms with E-state index in [2.05, 4.69) is 47.9 Å². The summed E-state index contributed by atoms with van der Waals surface area (Å²) < 4.78 is 12.2. The fourth-order valence-electron chi connectivity index (χ4n) is 12.2. The van der Waals surface area contributed by atoms with Crippen LogP contribution in [-0.2, 0) is 71.9 Å². The summed E-state index contributed by atoms with van der Waals surface area (Å²) in [5.74, 6) is -8.51. The maximum atomic E-state index is 15.1. The zero-order valence-corrected chi connectivity index (χ0v) is 58.1. The number of carboxylic acids is 2. The van der Waals surface area contributed by atoms with Crippen LogP contribution in [0.25, 0.3) is 10.8 Å². The van der Waals surface area contributed by atoms with Gasteiger partial charge in [-0.25, -0.2) is 9.59 Å². The highest BCUT2D eigenvalue weighted by Gasteiger charge is 2.48. The summed E-state index contributed by atoms with van der Waals surface area (Å²) in [5, 5.41) is 48.3. The lowest BCUT2D eigenvalue weighted by atomic mass is 9.85. The van der Waals surface area contributed by atoms with Crippen LogP contribution in [0.4, 0.5) is 0 Å². The molecule has 0 aliphatic carbocycles. The molecule has 26 nitrogen and oxygen atoms in total. The van der Waals surface area contributed by atoms with Crippen LogP contribution < -0.4 is 52.6 Å². The standard InChI is InChI=1S/C74H93N11O15/c1-42(75-9)62(86)82-60(73(3,4)5)69(93)84-40-51-38-57(84)66(90)78-54(37-46-24-27-47-18-14-15-21-50(47)34-46)65(89)79-55(71(95)96)36-45-25-30-52(31-26-45)99-32-16-17-33-100-53-39-58(85(41-53)70(94)61(74(6,7)8)83-63(87)43(2)76-10)67(91)81-59(48-19-12-11-13-20-48)68(92)80-56(72(97)98)35-44-22-28-49(29-23-44)64(88)77-51/h11-31,34,42-43,51,53-61,75-76H,32-33,35-41H2,1-10H3,(H,77,88)(H,78,90)(H,79,89)(H,80,92)(H,81,91)(H,82,86)(H,83,87)(H,95,96)(H,97,98)/b17-16+/t42-,43-,51-,53-,54-,55-,56-,57-,58-,59-,60+,61+/m0/s1. The number of ether oxygens (including phenoxy) is 2. The topological polar surface area (TPSA) is 361 Å². The van der Waals surface area contributed by atoms with Gasteiger partial charge in [0.05, 0.1) is 24.8 Å². The van der Waals surface area contributed by atoms with Crippen molar-refractivity contribution in [1.29, 1.82) is 0 Å². The van der Waals surface area contributed by atoms with Gasteiger partial charge in [0.1, 0.15) is 60.7 Å². The van der Waals surface area contributed by atoms with Crippen LogP contribution in [0.15, 0.2) is 133 Å². The number of likely N-dealkylation sites (tertiary alicyclic amines) is 2. The second-order valence-corrected chi connectivity index (χ2v) is 27.9. The van der Waals surface area contributed by atoms with Gasteiger partial charge in [-0.3, -0.25) is 43.2 Å². The van der Waals surface area contributed by atoms with Gasteiger partial charge in [0.25, 0.3) is 5.91 Å². The Hall–Kier alpha value is -10.0. The molecule has 2 saturated heterocycles. The number of carbonyl (C=O) groups excluding carboxylic acids is 9. The van der Waals surface area contributed by atoms with Crippen molar-refractivity contribution in [3.8, 4) is 5.75 Å². The molecule has 0 aromatic heterocycles. The lowest BCUT2D eigenvalue weighted by molar-refractivity contribution is -0.145. The van der Waals surface area contributed by atoms with E-state index in [-0.39, 0.29) is 69.5 Å². The van der Waals surface area contributed by atoms with E-state index in [1.54, 1.807) is 142 Å². The summed E-state index contributed by atoms with van der Waals surface area (Å²) in [7, 11) is 3.19. The molecule has 11 rings (SSSR count). The van der Waals surface area contributed by atoms with E-state index >= 15 is 9.59 Å². The highest BCUT2D eigenvalue weighted by atomic mass is 16.5. The van der Waals surface area contributed by atoms with E-state index in [0.717, 1.165) is 10.8 Å². The summed E-state index contributed by atoms with van der Waals surface area (Å²) >= 11 is 0. The first kappa shape index (κ1) is 75.7. The first-order valence-electron chi connectivity index (χ1n) is 33.6. The van der Waals surface area contributed by atoms with Gasteiger partial charge in [-0.2, -0.15) is 0 Å². The van der Waals surface area contributed by atoms with Crippen LogP contribution in [0.3, 0.4) is 0 Å². The Balaban J connectivity index is 1.13. The fourth-order valence-corrected chi connectivity index (χ4v) is 12.2. The van der Waals surface area contributed by atoms with E-state index < -0.39 is 148 Å². The Labute approximate surface area is 581 Å². The highest BCUT2D eigenvalue weighted by Crippen LogP contribution is 2.31. The SMILES string of the molecule is CN[C@@H](C)C(=O)N[C@H](C(=O)N1C[C@@H]2C[C@H]1C(=O)N[C@@H](Cc1ccc3ccccc3c1)C(=O)N[C@H](C(=O)O)Cc1ccc(cc1)OC/C=C/CO[C@H]1C[C@@H](C(=O)N[C@@H](c3ccccc3)C(=O)N[C@H](C(=O)O)Cc3ccc(cc3)C(=O)N2)N(C(=O)[C@@H](NC(=O)[C@H](C)NC)C(C)(C)C)C1)C(C)(C)C. The maximum Gasteiger partial charge on any atom is 0.326 e. The number of carbonyl (C=O) groups is 11. The van der Waals surface area contributed by atoms with Crippen molar-refractivity contribution in [1.82, 2.24) is 57.7 Å². The number of nitrogens with one attached hydrogen (secondary N) is 9. The number of nitrogens with zero attached hydrogens (tertiary/aromatic N) is 2. The molecule has 6 heterocycles. The molecule has 6 aliphatic rings. The Morgan fingerprint density at radius 2 is 1.07 bits per heavy atom. The van der Waals surface area contributed by atoms with Crippen molar-refractivity contribution in [2.75, 3.05) is 40.4 Å². The predicted molar refractivity (Wildman–Crippen MR) is 372 cm³/mol. The van der Waals surface area contributed by atoms with Crippen LogP contribution >= 0.6 is 0 Å². The van der Waals surface area contributed by atoms with Crippen LogP contribution in [-0.4, -0.2) is 192 Å². The number of aliphatic carboxylic acids is 2. The van der Waals surface area contributed by atoms with Gasteiger partial charge in [0.2, 0.25) is 47.3 Å². The quantitative estimate of drug-likeness (QED) is 0.0754. The van der Waals surface area contributed by atoms with Crippen LogP contribution in [0, 0.1) is 10.8 Å². The number of carboxylic acid groups (broad SMARTS) is 2. The molecule has 534 valence electrons. The molecule has 12 atom stereocenters. The number of likely N-dealkylation sites (N-methyl/N-ethyl adjacent to an activating group) is 2. The van der Waals surface area contributed by atoms with Gasteiger partial charge in [-0.15, -0.1) is 0 Å². The summed E-state index contributed by atoms with van der Waals surface area (Å²) in [6.45, 7) is 13.5. The highest BCUT2D eigenvalue weighted by molar-refractivity contribution is 5.99. The number of amides is 9. The second kappa shape index (κ2) is 33.7. The second-order valence-electron chi connectivity index (χ2n) is 27.9. The molecule has 5 aromatic rings. The minimum atomic E-state index is -1.59.